The Morgan fingerprint density at radius 1 is 1.18 bits per heavy atom. The summed E-state index contributed by atoms with van der Waals surface area (Å²) in [5.41, 5.74) is 2.24. The van der Waals surface area contributed by atoms with Crippen LogP contribution in [0.5, 0.6) is 0 Å². The van der Waals surface area contributed by atoms with Gasteiger partial charge in [-0.3, -0.25) is 4.90 Å². The lowest BCUT2D eigenvalue weighted by molar-refractivity contribution is 0.284. The van der Waals surface area contributed by atoms with Crippen LogP contribution in [0.15, 0.2) is 44.6 Å². The van der Waals surface area contributed by atoms with Crippen LogP contribution in [-0.2, 0) is 13.1 Å². The molecule has 1 aromatic carbocycles. The fraction of sp³-hybridized carbons (Fsp3) is 0.250. The third kappa shape index (κ3) is 3.45. The van der Waals surface area contributed by atoms with E-state index in [0.717, 1.165) is 16.6 Å². The van der Waals surface area contributed by atoms with Crippen LogP contribution < -0.4 is 0 Å². The minimum Gasteiger partial charge on any atom is -0.419 e. The van der Waals surface area contributed by atoms with Crippen LogP contribution in [0.2, 0.25) is 0 Å². The molecule has 0 aliphatic rings. The number of aryl methyl sites for hydroxylation is 1. The summed E-state index contributed by atoms with van der Waals surface area (Å²) >= 11 is 5.28. The van der Waals surface area contributed by atoms with Crippen LogP contribution in [0.1, 0.15) is 16.3 Å². The highest BCUT2D eigenvalue weighted by Crippen LogP contribution is 2.27. The predicted molar refractivity (Wildman–Crippen MR) is 91.7 cm³/mol. The molecule has 0 aliphatic carbocycles. The van der Waals surface area contributed by atoms with Gasteiger partial charge in [-0.25, -0.2) is 0 Å². The van der Waals surface area contributed by atoms with E-state index in [9.17, 15) is 0 Å². The molecule has 0 N–H and O–H groups in total. The first kappa shape index (κ1) is 15.4. The van der Waals surface area contributed by atoms with E-state index in [4.69, 9.17) is 4.42 Å². The van der Waals surface area contributed by atoms with Gasteiger partial charge in [-0.05, 0) is 59.0 Å². The van der Waals surface area contributed by atoms with E-state index in [2.05, 4.69) is 56.4 Å². The molecule has 0 atom stereocenters. The molecule has 0 saturated heterocycles. The second-order valence-electron chi connectivity index (χ2n) is 5.18. The van der Waals surface area contributed by atoms with E-state index in [1.54, 1.807) is 11.3 Å². The Balaban J connectivity index is 1.69. The molecule has 2 aromatic heterocycles. The standard InChI is InChI=1S/C16H16BrN3OS/c1-11-7-8-22-14(11)9-20(2)10-15-18-19-16(21-15)12-5-3-4-6-13(12)17/h3-8H,9-10H2,1-2H3. The summed E-state index contributed by atoms with van der Waals surface area (Å²) in [6.07, 6.45) is 0. The molecule has 0 unspecified atom stereocenters. The quantitative estimate of drug-likeness (QED) is 0.656. The van der Waals surface area contributed by atoms with Crippen molar-refractivity contribution in [3.05, 3.63) is 56.5 Å². The van der Waals surface area contributed by atoms with Gasteiger partial charge in [0.15, 0.2) is 0 Å². The zero-order chi connectivity index (χ0) is 15.5. The van der Waals surface area contributed by atoms with Crippen molar-refractivity contribution in [2.24, 2.45) is 0 Å². The van der Waals surface area contributed by atoms with E-state index in [-0.39, 0.29) is 0 Å². The van der Waals surface area contributed by atoms with E-state index in [0.29, 0.717) is 18.3 Å². The first-order valence-electron chi connectivity index (χ1n) is 6.92. The van der Waals surface area contributed by atoms with Gasteiger partial charge in [0.2, 0.25) is 11.8 Å². The molecule has 3 rings (SSSR count). The van der Waals surface area contributed by atoms with Gasteiger partial charge in [0.05, 0.1) is 12.1 Å². The maximum absolute atomic E-state index is 5.78. The van der Waals surface area contributed by atoms with Crippen LogP contribution in [0.4, 0.5) is 0 Å². The van der Waals surface area contributed by atoms with Crippen LogP contribution in [-0.4, -0.2) is 22.1 Å². The van der Waals surface area contributed by atoms with Crippen LogP contribution in [0.3, 0.4) is 0 Å². The van der Waals surface area contributed by atoms with Gasteiger partial charge in [-0.1, -0.05) is 12.1 Å². The SMILES string of the molecule is Cc1ccsc1CN(C)Cc1nnc(-c2ccccc2Br)o1. The number of hydrogen-bond donors (Lipinski definition) is 0. The van der Waals surface area contributed by atoms with Crippen molar-refractivity contribution in [3.8, 4) is 11.5 Å². The minimum atomic E-state index is 0.545. The Morgan fingerprint density at radius 2 is 2.00 bits per heavy atom. The molecule has 4 nitrogen and oxygen atoms in total. The predicted octanol–water partition coefficient (Wildman–Crippen LogP) is 4.50. The molecule has 2 heterocycles. The zero-order valence-electron chi connectivity index (χ0n) is 12.4. The van der Waals surface area contributed by atoms with Crippen molar-refractivity contribution in [2.45, 2.75) is 20.0 Å². The Labute approximate surface area is 141 Å². The van der Waals surface area contributed by atoms with Crippen molar-refractivity contribution in [1.82, 2.24) is 15.1 Å². The van der Waals surface area contributed by atoms with E-state index < -0.39 is 0 Å². The largest absolute Gasteiger partial charge is 0.419 e. The number of rotatable bonds is 5. The van der Waals surface area contributed by atoms with Crippen LogP contribution in [0, 0.1) is 6.92 Å². The highest BCUT2D eigenvalue weighted by Gasteiger charge is 2.13. The van der Waals surface area contributed by atoms with Crippen molar-refractivity contribution < 1.29 is 4.42 Å². The maximum atomic E-state index is 5.78. The zero-order valence-corrected chi connectivity index (χ0v) is 14.8. The highest BCUT2D eigenvalue weighted by atomic mass is 79.9. The average molecular weight is 378 g/mol. The molecule has 0 amide bonds. The average Bonchev–Trinajstić information content (AvgIpc) is 3.10. The van der Waals surface area contributed by atoms with E-state index >= 15 is 0 Å². The van der Waals surface area contributed by atoms with Crippen LogP contribution >= 0.6 is 27.3 Å². The molecule has 3 aromatic rings. The Morgan fingerprint density at radius 3 is 2.73 bits per heavy atom. The molecule has 22 heavy (non-hydrogen) atoms. The highest BCUT2D eigenvalue weighted by molar-refractivity contribution is 9.10. The summed E-state index contributed by atoms with van der Waals surface area (Å²) in [5.74, 6) is 1.17. The molecule has 0 bridgehead atoms. The number of benzene rings is 1. The van der Waals surface area contributed by atoms with Gasteiger partial charge < -0.3 is 4.42 Å². The molecule has 114 valence electrons. The van der Waals surface area contributed by atoms with Gasteiger partial charge in [0.1, 0.15) is 0 Å². The Hall–Kier alpha value is -1.50. The smallest absolute Gasteiger partial charge is 0.248 e. The first-order chi connectivity index (χ1) is 10.6. The third-order valence-electron chi connectivity index (χ3n) is 3.36. The van der Waals surface area contributed by atoms with Crippen molar-refractivity contribution in [3.63, 3.8) is 0 Å². The fourth-order valence-electron chi connectivity index (χ4n) is 2.16. The maximum Gasteiger partial charge on any atom is 0.248 e. The Bertz CT molecular complexity index is 768. The van der Waals surface area contributed by atoms with Gasteiger partial charge >= 0.3 is 0 Å². The lowest BCUT2D eigenvalue weighted by atomic mass is 10.2. The molecule has 0 spiro atoms. The first-order valence-corrected chi connectivity index (χ1v) is 8.59. The molecule has 0 saturated carbocycles. The summed E-state index contributed by atoms with van der Waals surface area (Å²) in [5, 5.41) is 10.4. The van der Waals surface area contributed by atoms with Gasteiger partial charge in [-0.2, -0.15) is 0 Å². The molecule has 6 heteroatoms. The summed E-state index contributed by atoms with van der Waals surface area (Å²) in [4.78, 5) is 3.55. The second-order valence-corrected chi connectivity index (χ2v) is 7.03. The fourth-order valence-corrected chi connectivity index (χ4v) is 3.60. The summed E-state index contributed by atoms with van der Waals surface area (Å²) in [7, 11) is 2.06. The van der Waals surface area contributed by atoms with Crippen molar-refractivity contribution >= 4 is 27.3 Å². The minimum absolute atomic E-state index is 0.545. The van der Waals surface area contributed by atoms with E-state index in [1.807, 2.05) is 24.3 Å². The topological polar surface area (TPSA) is 42.2 Å². The normalized spacial score (nSPS) is 11.3. The van der Waals surface area contributed by atoms with Crippen molar-refractivity contribution in [1.29, 1.82) is 0 Å². The summed E-state index contributed by atoms with van der Waals surface area (Å²) in [6.45, 7) is 3.66. The van der Waals surface area contributed by atoms with E-state index in [1.165, 1.54) is 10.4 Å². The summed E-state index contributed by atoms with van der Waals surface area (Å²) in [6, 6.07) is 9.98. The lowest BCUT2D eigenvalue weighted by Crippen LogP contribution is -2.17. The third-order valence-corrected chi connectivity index (χ3v) is 5.06. The van der Waals surface area contributed by atoms with Crippen molar-refractivity contribution in [2.75, 3.05) is 7.05 Å². The van der Waals surface area contributed by atoms with Gasteiger partial charge in [0, 0.05) is 15.9 Å². The Kier molecular flexibility index (Phi) is 4.71. The monoisotopic (exact) mass is 377 g/mol. The second kappa shape index (κ2) is 6.73. The number of halogens is 1. The van der Waals surface area contributed by atoms with Gasteiger partial charge in [-0.15, -0.1) is 21.5 Å². The number of hydrogen-bond acceptors (Lipinski definition) is 5. The van der Waals surface area contributed by atoms with Crippen LogP contribution in [0.25, 0.3) is 11.5 Å². The molecular weight excluding hydrogens is 362 g/mol. The molecular formula is C16H16BrN3OS. The number of thiophene rings is 1. The number of aromatic nitrogens is 2. The molecule has 0 radical (unpaired) electrons. The van der Waals surface area contributed by atoms with Gasteiger partial charge in [0.25, 0.3) is 0 Å². The summed E-state index contributed by atoms with van der Waals surface area (Å²) < 4.78 is 6.73. The molecule has 0 fully saturated rings. The number of nitrogens with zero attached hydrogens (tertiary/aromatic N) is 3. The lowest BCUT2D eigenvalue weighted by Gasteiger charge is -2.13. The molecule has 0 aliphatic heterocycles.